The van der Waals surface area contributed by atoms with Gasteiger partial charge < -0.3 is 15.0 Å². The molecule has 0 aliphatic carbocycles. The van der Waals surface area contributed by atoms with E-state index in [1.807, 2.05) is 31.2 Å². The molecule has 33 heavy (non-hydrogen) atoms. The first-order valence-electron chi connectivity index (χ1n) is 11.0. The minimum absolute atomic E-state index is 0.0575. The Morgan fingerprint density at radius 3 is 2.88 bits per heavy atom. The highest BCUT2D eigenvalue weighted by Crippen LogP contribution is 2.37. The van der Waals surface area contributed by atoms with Gasteiger partial charge in [0.25, 0.3) is 5.91 Å². The summed E-state index contributed by atoms with van der Waals surface area (Å²) in [6.07, 6.45) is 1.59. The minimum Gasteiger partial charge on any atom is -0.486 e. The van der Waals surface area contributed by atoms with Gasteiger partial charge >= 0.3 is 0 Å². The fourth-order valence-corrected chi connectivity index (χ4v) is 4.70. The Morgan fingerprint density at radius 1 is 1.27 bits per heavy atom. The highest BCUT2D eigenvalue weighted by molar-refractivity contribution is 7.09. The fraction of sp³-hybridized carbons (Fsp3) is 0.320. The SMILES string of the molecule is CCCNC(=O)c1csc(COc2ccc3c(c2)[C@H](c2cccc(F)c2)N(C(C)=O)CC3)n1. The van der Waals surface area contributed by atoms with Crippen molar-refractivity contribution in [3.63, 3.8) is 0 Å². The van der Waals surface area contributed by atoms with Crippen molar-refractivity contribution in [2.24, 2.45) is 0 Å². The molecule has 1 aliphatic heterocycles. The number of carbonyl (C=O) groups is 2. The van der Waals surface area contributed by atoms with Crippen molar-refractivity contribution >= 4 is 23.2 Å². The predicted molar refractivity (Wildman–Crippen MR) is 125 cm³/mol. The molecule has 0 saturated heterocycles. The molecule has 0 radical (unpaired) electrons. The van der Waals surface area contributed by atoms with Crippen molar-refractivity contribution in [2.75, 3.05) is 13.1 Å². The largest absolute Gasteiger partial charge is 0.486 e. The summed E-state index contributed by atoms with van der Waals surface area (Å²) in [5.41, 5.74) is 3.16. The molecule has 0 saturated carbocycles. The van der Waals surface area contributed by atoms with E-state index in [-0.39, 0.29) is 30.3 Å². The van der Waals surface area contributed by atoms with E-state index in [4.69, 9.17) is 4.74 Å². The van der Waals surface area contributed by atoms with Crippen LogP contribution in [0.25, 0.3) is 0 Å². The zero-order chi connectivity index (χ0) is 23.4. The van der Waals surface area contributed by atoms with Crippen LogP contribution in [-0.4, -0.2) is 34.8 Å². The van der Waals surface area contributed by atoms with Gasteiger partial charge in [-0.05, 0) is 53.8 Å². The van der Waals surface area contributed by atoms with E-state index < -0.39 is 0 Å². The van der Waals surface area contributed by atoms with Crippen LogP contribution in [0.1, 0.15) is 58.5 Å². The van der Waals surface area contributed by atoms with E-state index in [0.29, 0.717) is 29.5 Å². The second kappa shape index (κ2) is 10.1. The number of halogens is 1. The van der Waals surface area contributed by atoms with Crippen molar-refractivity contribution in [1.29, 1.82) is 0 Å². The van der Waals surface area contributed by atoms with Crippen LogP contribution in [0.2, 0.25) is 0 Å². The number of aromatic nitrogens is 1. The van der Waals surface area contributed by atoms with Crippen molar-refractivity contribution in [3.8, 4) is 5.75 Å². The third kappa shape index (κ3) is 5.22. The summed E-state index contributed by atoms with van der Waals surface area (Å²) in [4.78, 5) is 30.5. The monoisotopic (exact) mass is 467 g/mol. The normalized spacial score (nSPS) is 15.1. The summed E-state index contributed by atoms with van der Waals surface area (Å²) in [6, 6.07) is 11.8. The highest BCUT2D eigenvalue weighted by atomic mass is 32.1. The topological polar surface area (TPSA) is 71.5 Å². The van der Waals surface area contributed by atoms with Gasteiger partial charge in [-0.25, -0.2) is 9.37 Å². The molecule has 1 N–H and O–H groups in total. The van der Waals surface area contributed by atoms with Crippen LogP contribution in [0.5, 0.6) is 5.75 Å². The smallest absolute Gasteiger partial charge is 0.270 e. The molecule has 1 atom stereocenters. The average Bonchev–Trinajstić information content (AvgIpc) is 3.29. The number of benzene rings is 2. The van der Waals surface area contributed by atoms with E-state index in [2.05, 4.69) is 10.3 Å². The Morgan fingerprint density at radius 2 is 2.12 bits per heavy atom. The molecule has 6 nitrogen and oxygen atoms in total. The van der Waals surface area contributed by atoms with E-state index in [1.165, 1.54) is 30.4 Å². The second-order valence-corrected chi connectivity index (χ2v) is 8.89. The van der Waals surface area contributed by atoms with Gasteiger partial charge in [0, 0.05) is 25.4 Å². The van der Waals surface area contributed by atoms with E-state index in [0.717, 1.165) is 29.5 Å². The van der Waals surface area contributed by atoms with Crippen LogP contribution in [0.15, 0.2) is 47.8 Å². The van der Waals surface area contributed by atoms with Crippen LogP contribution in [0.3, 0.4) is 0 Å². The number of nitrogens with zero attached hydrogens (tertiary/aromatic N) is 2. The van der Waals surface area contributed by atoms with Crippen LogP contribution < -0.4 is 10.1 Å². The van der Waals surface area contributed by atoms with Crippen LogP contribution in [0.4, 0.5) is 4.39 Å². The molecular formula is C25H26FN3O3S. The average molecular weight is 468 g/mol. The molecule has 4 rings (SSSR count). The highest BCUT2D eigenvalue weighted by Gasteiger charge is 2.31. The van der Waals surface area contributed by atoms with Gasteiger partial charge in [-0.15, -0.1) is 11.3 Å². The number of hydrogen-bond donors (Lipinski definition) is 1. The zero-order valence-electron chi connectivity index (χ0n) is 18.6. The summed E-state index contributed by atoms with van der Waals surface area (Å²) in [5.74, 6) is 0.0547. The van der Waals surface area contributed by atoms with Crippen LogP contribution >= 0.6 is 11.3 Å². The van der Waals surface area contributed by atoms with Gasteiger partial charge in [0.1, 0.15) is 28.9 Å². The molecule has 0 unspecified atom stereocenters. The predicted octanol–water partition coefficient (Wildman–Crippen LogP) is 4.50. The maximum Gasteiger partial charge on any atom is 0.270 e. The number of ether oxygens (including phenoxy) is 1. The molecular weight excluding hydrogens is 441 g/mol. The van der Waals surface area contributed by atoms with Gasteiger partial charge in [0.05, 0.1) is 6.04 Å². The molecule has 0 spiro atoms. The lowest BCUT2D eigenvalue weighted by molar-refractivity contribution is -0.130. The third-order valence-electron chi connectivity index (χ3n) is 5.60. The lowest BCUT2D eigenvalue weighted by Crippen LogP contribution is -2.39. The van der Waals surface area contributed by atoms with E-state index >= 15 is 0 Å². The number of amides is 2. The number of nitrogens with one attached hydrogen (secondary N) is 1. The van der Waals surface area contributed by atoms with Gasteiger partial charge in [-0.3, -0.25) is 9.59 Å². The molecule has 8 heteroatoms. The maximum atomic E-state index is 14.0. The summed E-state index contributed by atoms with van der Waals surface area (Å²) in [7, 11) is 0. The van der Waals surface area contributed by atoms with Crippen molar-refractivity contribution in [2.45, 2.75) is 39.3 Å². The summed E-state index contributed by atoms with van der Waals surface area (Å²) in [6.45, 7) is 4.94. The summed E-state index contributed by atoms with van der Waals surface area (Å²) in [5, 5.41) is 5.23. The first-order valence-corrected chi connectivity index (χ1v) is 11.8. The van der Waals surface area contributed by atoms with E-state index in [1.54, 1.807) is 16.3 Å². The number of thiazole rings is 1. The van der Waals surface area contributed by atoms with Crippen molar-refractivity contribution in [1.82, 2.24) is 15.2 Å². The molecule has 0 bridgehead atoms. The Balaban J connectivity index is 1.55. The first kappa shape index (κ1) is 22.9. The molecule has 2 amide bonds. The number of carbonyl (C=O) groups excluding carboxylic acids is 2. The van der Waals surface area contributed by atoms with Gasteiger partial charge in [-0.2, -0.15) is 0 Å². The number of rotatable bonds is 7. The van der Waals surface area contributed by atoms with Crippen LogP contribution in [0, 0.1) is 5.82 Å². The second-order valence-electron chi connectivity index (χ2n) is 7.95. The van der Waals surface area contributed by atoms with E-state index in [9.17, 15) is 14.0 Å². The lowest BCUT2D eigenvalue weighted by Gasteiger charge is -2.37. The van der Waals surface area contributed by atoms with Gasteiger partial charge in [0.2, 0.25) is 5.91 Å². The fourth-order valence-electron chi connectivity index (χ4n) is 4.01. The van der Waals surface area contributed by atoms with Gasteiger partial charge in [0.15, 0.2) is 0 Å². The molecule has 2 aromatic carbocycles. The lowest BCUT2D eigenvalue weighted by atomic mass is 9.88. The number of fused-ring (bicyclic) bond motifs is 1. The van der Waals surface area contributed by atoms with Gasteiger partial charge in [-0.1, -0.05) is 25.1 Å². The molecule has 0 fully saturated rings. The summed E-state index contributed by atoms with van der Waals surface area (Å²) >= 11 is 1.37. The Labute approximate surface area is 196 Å². The van der Waals surface area contributed by atoms with Crippen molar-refractivity contribution < 1.29 is 18.7 Å². The minimum atomic E-state index is -0.376. The Kier molecular flexibility index (Phi) is 7.03. The Bertz CT molecular complexity index is 1160. The van der Waals surface area contributed by atoms with Crippen molar-refractivity contribution in [3.05, 3.63) is 81.1 Å². The van der Waals surface area contributed by atoms with Crippen LogP contribution in [-0.2, 0) is 17.8 Å². The molecule has 1 aromatic heterocycles. The molecule has 3 aromatic rings. The first-order chi connectivity index (χ1) is 16.0. The third-order valence-corrected chi connectivity index (χ3v) is 6.42. The molecule has 1 aliphatic rings. The molecule has 2 heterocycles. The maximum absolute atomic E-state index is 14.0. The number of hydrogen-bond acceptors (Lipinski definition) is 5. The Hall–Kier alpha value is -3.26. The summed E-state index contributed by atoms with van der Waals surface area (Å²) < 4.78 is 20.0. The standard InChI is InChI=1S/C25H26FN3O3S/c1-3-10-27-25(31)22-15-33-23(28-22)14-32-20-8-7-17-9-11-29(16(2)30)24(21(17)13-20)18-5-4-6-19(26)12-18/h4-8,12-13,15,24H,3,9-11,14H2,1-2H3,(H,27,31)/t24-/m0/s1. The molecule has 172 valence electrons. The quantitative estimate of drug-likeness (QED) is 0.556. The zero-order valence-corrected chi connectivity index (χ0v) is 19.5.